The fraction of sp³-hybridized carbons (Fsp3) is 0.250. The van der Waals surface area contributed by atoms with E-state index in [0.29, 0.717) is 16.7 Å². The number of anilines is 2. The van der Waals surface area contributed by atoms with Crippen molar-refractivity contribution in [2.75, 3.05) is 11.1 Å². The Morgan fingerprint density at radius 1 is 1.26 bits per heavy atom. The number of aromatic nitrogens is 3. The molecule has 19 heavy (non-hydrogen) atoms. The first kappa shape index (κ1) is 11.9. The molecule has 2 aromatic heterocycles. The molecule has 3 aromatic rings. The maximum absolute atomic E-state index is 5.83. The van der Waals surface area contributed by atoms with Gasteiger partial charge in [-0.15, -0.1) is 11.3 Å². The van der Waals surface area contributed by atoms with Crippen LogP contribution in [0.5, 0.6) is 0 Å². The molecular formula is C12H13N5OS. The lowest BCUT2D eigenvalue weighted by molar-refractivity contribution is 0.315. The Balaban J connectivity index is 2.02. The van der Waals surface area contributed by atoms with Gasteiger partial charge in [-0.2, -0.15) is 0 Å². The maximum Gasteiger partial charge on any atom is 0.160 e. The molecule has 3 N–H and O–H groups in total. The third kappa shape index (κ3) is 2.01. The Kier molecular flexibility index (Phi) is 2.63. The van der Waals surface area contributed by atoms with Gasteiger partial charge in [-0.05, 0) is 36.3 Å². The van der Waals surface area contributed by atoms with Crippen molar-refractivity contribution in [3.8, 4) is 0 Å². The van der Waals surface area contributed by atoms with Crippen LogP contribution in [-0.2, 0) is 5.54 Å². The third-order valence-electron chi connectivity index (χ3n) is 2.86. The summed E-state index contributed by atoms with van der Waals surface area (Å²) in [6, 6.07) is 3.66. The maximum atomic E-state index is 5.83. The van der Waals surface area contributed by atoms with Crippen LogP contribution in [0.25, 0.3) is 11.0 Å². The topological polar surface area (TPSA) is 89.9 Å². The van der Waals surface area contributed by atoms with E-state index < -0.39 is 0 Å². The van der Waals surface area contributed by atoms with Crippen LogP contribution in [0.1, 0.15) is 18.9 Å². The molecule has 0 radical (unpaired) electrons. The van der Waals surface area contributed by atoms with Gasteiger partial charge in [-0.1, -0.05) is 0 Å². The van der Waals surface area contributed by atoms with Crippen molar-refractivity contribution in [2.24, 2.45) is 0 Å². The van der Waals surface area contributed by atoms with Gasteiger partial charge in [0.15, 0.2) is 11.0 Å². The van der Waals surface area contributed by atoms with E-state index in [1.807, 2.05) is 11.4 Å². The number of rotatable bonds is 3. The lowest BCUT2D eigenvalue weighted by Gasteiger charge is -2.25. The predicted octanol–water partition coefficient (Wildman–Crippen LogP) is 2.61. The quantitative estimate of drug-likeness (QED) is 0.714. The smallest absolute Gasteiger partial charge is 0.160 e. The van der Waals surface area contributed by atoms with Gasteiger partial charge in [0.25, 0.3) is 0 Å². The zero-order valence-corrected chi connectivity index (χ0v) is 11.4. The van der Waals surface area contributed by atoms with Gasteiger partial charge in [0.2, 0.25) is 0 Å². The van der Waals surface area contributed by atoms with Gasteiger partial charge in [0.1, 0.15) is 5.01 Å². The summed E-state index contributed by atoms with van der Waals surface area (Å²) < 4.78 is 4.76. The number of hydrogen-bond donors (Lipinski definition) is 2. The summed E-state index contributed by atoms with van der Waals surface area (Å²) >= 11 is 1.60. The summed E-state index contributed by atoms with van der Waals surface area (Å²) in [6.45, 7) is 4.11. The number of nitrogens with zero attached hydrogens (tertiary/aromatic N) is 3. The lowest BCUT2D eigenvalue weighted by atomic mass is 10.1. The standard InChI is InChI=1S/C12H13N5OS/c1-12(2,11-14-5-6-19-11)15-8-4-3-7(13)9-10(8)17-18-16-9/h3-6,15H,13H2,1-2H3. The van der Waals surface area contributed by atoms with Gasteiger partial charge >= 0.3 is 0 Å². The van der Waals surface area contributed by atoms with Gasteiger partial charge in [-0.3, -0.25) is 0 Å². The minimum absolute atomic E-state index is 0.309. The van der Waals surface area contributed by atoms with E-state index in [2.05, 4.69) is 34.5 Å². The van der Waals surface area contributed by atoms with E-state index in [4.69, 9.17) is 10.4 Å². The second kappa shape index (κ2) is 4.20. The molecule has 0 fully saturated rings. The van der Waals surface area contributed by atoms with Crippen molar-refractivity contribution in [3.63, 3.8) is 0 Å². The minimum atomic E-state index is -0.309. The zero-order chi connectivity index (χ0) is 13.5. The first-order valence-electron chi connectivity index (χ1n) is 5.77. The summed E-state index contributed by atoms with van der Waals surface area (Å²) in [5.74, 6) is 0. The average Bonchev–Trinajstić information content (AvgIpc) is 3.01. The molecule has 3 rings (SSSR count). The number of fused-ring (bicyclic) bond motifs is 1. The summed E-state index contributed by atoms with van der Waals surface area (Å²) in [6.07, 6.45) is 1.79. The monoisotopic (exact) mass is 275 g/mol. The molecule has 2 heterocycles. The van der Waals surface area contributed by atoms with Gasteiger partial charge < -0.3 is 11.1 Å². The summed E-state index contributed by atoms with van der Waals surface area (Å²) in [5.41, 5.74) is 8.09. The normalized spacial score (nSPS) is 11.9. The minimum Gasteiger partial charge on any atom is -0.397 e. The Hall–Kier alpha value is -2.15. The van der Waals surface area contributed by atoms with Crippen LogP contribution >= 0.6 is 11.3 Å². The van der Waals surface area contributed by atoms with E-state index in [0.717, 1.165) is 10.7 Å². The fourth-order valence-electron chi connectivity index (χ4n) is 1.91. The van der Waals surface area contributed by atoms with Crippen molar-refractivity contribution < 1.29 is 4.63 Å². The van der Waals surface area contributed by atoms with Crippen molar-refractivity contribution in [1.29, 1.82) is 0 Å². The van der Waals surface area contributed by atoms with Crippen molar-refractivity contribution >= 4 is 33.7 Å². The number of nitrogen functional groups attached to an aromatic ring is 1. The SMILES string of the molecule is CC(C)(Nc1ccc(N)c2nonc12)c1nccs1. The summed E-state index contributed by atoms with van der Waals surface area (Å²) in [4.78, 5) is 4.34. The molecule has 0 amide bonds. The molecule has 0 saturated carbocycles. The Bertz CT molecular complexity index is 704. The predicted molar refractivity (Wildman–Crippen MR) is 75.0 cm³/mol. The second-order valence-corrected chi connectivity index (χ2v) is 5.65. The number of benzene rings is 1. The summed E-state index contributed by atoms with van der Waals surface area (Å²) in [5, 5.41) is 14.1. The molecule has 0 aliphatic rings. The van der Waals surface area contributed by atoms with Crippen LogP contribution in [-0.4, -0.2) is 15.3 Å². The Labute approximate surface area is 113 Å². The number of nitrogens with two attached hydrogens (primary N) is 1. The van der Waals surface area contributed by atoms with Crippen LogP contribution in [0.2, 0.25) is 0 Å². The van der Waals surface area contributed by atoms with E-state index in [9.17, 15) is 0 Å². The fourth-order valence-corrected chi connectivity index (χ4v) is 2.63. The van der Waals surface area contributed by atoms with Gasteiger partial charge in [-0.25, -0.2) is 9.61 Å². The molecule has 0 aliphatic carbocycles. The molecule has 0 saturated heterocycles. The van der Waals surface area contributed by atoms with Crippen LogP contribution in [0.3, 0.4) is 0 Å². The molecule has 98 valence electrons. The van der Waals surface area contributed by atoms with E-state index in [1.165, 1.54) is 0 Å². The molecule has 6 nitrogen and oxygen atoms in total. The third-order valence-corrected chi connectivity index (χ3v) is 3.96. The van der Waals surface area contributed by atoms with Gasteiger partial charge in [0, 0.05) is 11.6 Å². The van der Waals surface area contributed by atoms with Crippen LogP contribution in [0.15, 0.2) is 28.3 Å². The molecular weight excluding hydrogens is 262 g/mol. The number of thiazole rings is 1. The highest BCUT2D eigenvalue weighted by Crippen LogP contribution is 2.31. The molecule has 0 bridgehead atoms. The highest BCUT2D eigenvalue weighted by molar-refractivity contribution is 7.09. The van der Waals surface area contributed by atoms with E-state index in [-0.39, 0.29) is 5.54 Å². The number of hydrogen-bond acceptors (Lipinski definition) is 7. The molecule has 0 aliphatic heterocycles. The van der Waals surface area contributed by atoms with E-state index >= 15 is 0 Å². The Morgan fingerprint density at radius 2 is 2.05 bits per heavy atom. The molecule has 0 unspecified atom stereocenters. The second-order valence-electron chi connectivity index (χ2n) is 4.75. The van der Waals surface area contributed by atoms with Crippen LogP contribution in [0.4, 0.5) is 11.4 Å². The van der Waals surface area contributed by atoms with Crippen LogP contribution < -0.4 is 11.1 Å². The molecule has 0 spiro atoms. The van der Waals surface area contributed by atoms with Crippen molar-refractivity contribution in [1.82, 2.24) is 15.3 Å². The average molecular weight is 275 g/mol. The molecule has 7 heteroatoms. The molecule has 1 aromatic carbocycles. The van der Waals surface area contributed by atoms with E-state index in [1.54, 1.807) is 23.6 Å². The van der Waals surface area contributed by atoms with Crippen molar-refractivity contribution in [3.05, 3.63) is 28.7 Å². The largest absolute Gasteiger partial charge is 0.397 e. The highest BCUT2D eigenvalue weighted by Gasteiger charge is 2.24. The van der Waals surface area contributed by atoms with Gasteiger partial charge in [0.05, 0.1) is 16.9 Å². The first-order valence-corrected chi connectivity index (χ1v) is 6.65. The molecule has 0 atom stereocenters. The lowest BCUT2D eigenvalue weighted by Crippen LogP contribution is -2.27. The zero-order valence-electron chi connectivity index (χ0n) is 10.5. The number of nitrogens with one attached hydrogen (secondary N) is 1. The van der Waals surface area contributed by atoms with Crippen molar-refractivity contribution in [2.45, 2.75) is 19.4 Å². The van der Waals surface area contributed by atoms with Crippen LogP contribution in [0, 0.1) is 0 Å². The first-order chi connectivity index (χ1) is 9.08. The Morgan fingerprint density at radius 3 is 2.79 bits per heavy atom. The summed E-state index contributed by atoms with van der Waals surface area (Å²) in [7, 11) is 0. The highest BCUT2D eigenvalue weighted by atomic mass is 32.1.